The van der Waals surface area contributed by atoms with Crippen LogP contribution >= 0.6 is 0 Å². The third-order valence-corrected chi connectivity index (χ3v) is 4.29. The highest BCUT2D eigenvalue weighted by Gasteiger charge is 2.25. The summed E-state index contributed by atoms with van der Waals surface area (Å²) in [5.41, 5.74) is 6.25. The molecule has 1 aliphatic heterocycles. The molecule has 0 saturated carbocycles. The van der Waals surface area contributed by atoms with Crippen LogP contribution in [0.4, 0.5) is 4.79 Å². The standard InChI is InChI=1S/C16H27N5O2/c1-11(2)21-10-14(8-18-21)12(3)19-16(23)20-6-4-5-13(9-20)7-15(17)22/h8,10-13H,4-7,9H2,1-3H3,(H2,17,22)(H,19,23). The number of aromatic nitrogens is 2. The van der Waals surface area contributed by atoms with Crippen molar-refractivity contribution in [3.8, 4) is 0 Å². The van der Waals surface area contributed by atoms with E-state index in [9.17, 15) is 9.59 Å². The fraction of sp³-hybridized carbons (Fsp3) is 0.688. The predicted molar refractivity (Wildman–Crippen MR) is 87.7 cm³/mol. The molecular weight excluding hydrogens is 294 g/mol. The van der Waals surface area contributed by atoms with Gasteiger partial charge in [-0.15, -0.1) is 0 Å². The number of hydrogen-bond donors (Lipinski definition) is 2. The summed E-state index contributed by atoms with van der Waals surface area (Å²) in [6.07, 6.45) is 5.95. The summed E-state index contributed by atoms with van der Waals surface area (Å²) in [6, 6.07) is 0.0961. The molecule has 0 bridgehead atoms. The van der Waals surface area contributed by atoms with Crippen molar-refractivity contribution in [1.29, 1.82) is 0 Å². The van der Waals surface area contributed by atoms with Crippen LogP contribution in [0, 0.1) is 5.92 Å². The van der Waals surface area contributed by atoms with E-state index in [0.717, 1.165) is 24.9 Å². The summed E-state index contributed by atoms with van der Waals surface area (Å²) in [4.78, 5) is 25.3. The molecule has 7 heteroatoms. The SMILES string of the molecule is CC(NC(=O)N1CCCC(CC(N)=O)C1)c1cnn(C(C)C)c1. The van der Waals surface area contributed by atoms with Gasteiger partial charge in [0.2, 0.25) is 5.91 Å². The minimum Gasteiger partial charge on any atom is -0.370 e. The van der Waals surface area contributed by atoms with Crippen LogP contribution in [0.5, 0.6) is 0 Å². The van der Waals surface area contributed by atoms with Crippen molar-refractivity contribution in [2.75, 3.05) is 13.1 Å². The molecule has 0 radical (unpaired) electrons. The number of carbonyl (C=O) groups excluding carboxylic acids is 2. The normalized spacial score (nSPS) is 19.7. The number of hydrogen-bond acceptors (Lipinski definition) is 3. The second-order valence-corrected chi connectivity index (χ2v) is 6.64. The van der Waals surface area contributed by atoms with Gasteiger partial charge in [-0.25, -0.2) is 4.79 Å². The summed E-state index contributed by atoms with van der Waals surface area (Å²) >= 11 is 0. The van der Waals surface area contributed by atoms with Gasteiger partial charge in [0, 0.05) is 37.3 Å². The zero-order valence-corrected chi connectivity index (χ0v) is 14.2. The second-order valence-electron chi connectivity index (χ2n) is 6.64. The quantitative estimate of drug-likeness (QED) is 0.866. The molecule has 2 unspecified atom stereocenters. The van der Waals surface area contributed by atoms with E-state index in [-0.39, 0.29) is 23.9 Å². The highest BCUT2D eigenvalue weighted by molar-refractivity contribution is 5.76. The van der Waals surface area contributed by atoms with E-state index in [1.54, 1.807) is 11.1 Å². The molecule has 0 aliphatic carbocycles. The molecule has 2 rings (SSSR count). The van der Waals surface area contributed by atoms with Gasteiger partial charge in [0.25, 0.3) is 0 Å². The van der Waals surface area contributed by atoms with Crippen molar-refractivity contribution >= 4 is 11.9 Å². The summed E-state index contributed by atoms with van der Waals surface area (Å²) in [5, 5.41) is 7.31. The molecule has 23 heavy (non-hydrogen) atoms. The van der Waals surface area contributed by atoms with Gasteiger partial charge < -0.3 is 16.0 Å². The minimum atomic E-state index is -0.299. The Morgan fingerprint density at radius 1 is 1.43 bits per heavy atom. The number of urea groups is 1. The highest BCUT2D eigenvalue weighted by Crippen LogP contribution is 2.20. The maximum absolute atomic E-state index is 12.4. The topological polar surface area (TPSA) is 93.2 Å². The lowest BCUT2D eigenvalue weighted by atomic mass is 9.95. The Bertz CT molecular complexity index is 554. The maximum Gasteiger partial charge on any atom is 0.317 e. The fourth-order valence-corrected chi connectivity index (χ4v) is 2.92. The number of nitrogens with two attached hydrogens (primary N) is 1. The summed E-state index contributed by atoms with van der Waals surface area (Å²) in [7, 11) is 0. The Hall–Kier alpha value is -2.05. The van der Waals surface area contributed by atoms with E-state index < -0.39 is 0 Å². The first kappa shape index (κ1) is 17.3. The van der Waals surface area contributed by atoms with E-state index in [1.165, 1.54) is 0 Å². The van der Waals surface area contributed by atoms with Gasteiger partial charge in [0.05, 0.1) is 12.2 Å². The third kappa shape index (κ3) is 4.71. The van der Waals surface area contributed by atoms with Crippen LogP contribution < -0.4 is 11.1 Å². The molecule has 128 valence electrons. The van der Waals surface area contributed by atoms with Crippen molar-refractivity contribution in [2.24, 2.45) is 11.7 Å². The zero-order chi connectivity index (χ0) is 17.0. The van der Waals surface area contributed by atoms with E-state index in [0.29, 0.717) is 19.0 Å². The summed E-state index contributed by atoms with van der Waals surface area (Å²) < 4.78 is 1.88. The first-order valence-electron chi connectivity index (χ1n) is 8.24. The minimum absolute atomic E-state index is 0.0935. The molecule has 3 amide bonds. The smallest absolute Gasteiger partial charge is 0.317 e. The first-order chi connectivity index (χ1) is 10.9. The Morgan fingerprint density at radius 3 is 2.78 bits per heavy atom. The molecule has 1 aliphatic rings. The van der Waals surface area contributed by atoms with Gasteiger partial charge in [-0.3, -0.25) is 9.48 Å². The highest BCUT2D eigenvalue weighted by atomic mass is 16.2. The molecule has 1 saturated heterocycles. The van der Waals surface area contributed by atoms with E-state index in [1.807, 2.05) is 17.8 Å². The number of nitrogens with one attached hydrogen (secondary N) is 1. The average Bonchev–Trinajstić information content (AvgIpc) is 2.97. The summed E-state index contributed by atoms with van der Waals surface area (Å²) in [6.45, 7) is 7.38. The van der Waals surface area contributed by atoms with Gasteiger partial charge in [0.1, 0.15) is 0 Å². The summed E-state index contributed by atoms with van der Waals surface area (Å²) in [5.74, 6) is -0.127. The molecule has 1 aromatic rings. The lowest BCUT2D eigenvalue weighted by Gasteiger charge is -2.33. The molecular formula is C16H27N5O2. The predicted octanol–water partition coefficient (Wildman–Crippen LogP) is 1.82. The zero-order valence-electron chi connectivity index (χ0n) is 14.2. The Kier molecular flexibility index (Phi) is 5.63. The first-order valence-corrected chi connectivity index (χ1v) is 8.24. The Morgan fingerprint density at radius 2 is 2.17 bits per heavy atom. The number of amides is 3. The molecule has 0 aromatic carbocycles. The van der Waals surface area contributed by atoms with Gasteiger partial charge in [-0.2, -0.15) is 5.10 Å². The third-order valence-electron chi connectivity index (χ3n) is 4.29. The number of rotatable bonds is 5. The van der Waals surface area contributed by atoms with Gasteiger partial charge in [0.15, 0.2) is 0 Å². The molecule has 2 atom stereocenters. The number of carbonyl (C=O) groups is 2. The molecule has 1 aromatic heterocycles. The lowest BCUT2D eigenvalue weighted by Crippen LogP contribution is -2.46. The maximum atomic E-state index is 12.4. The fourth-order valence-electron chi connectivity index (χ4n) is 2.92. The van der Waals surface area contributed by atoms with Crippen molar-refractivity contribution in [2.45, 2.75) is 52.1 Å². The van der Waals surface area contributed by atoms with Crippen molar-refractivity contribution in [1.82, 2.24) is 20.0 Å². The number of piperidine rings is 1. The Balaban J connectivity index is 1.90. The van der Waals surface area contributed by atoms with Crippen LogP contribution in [-0.4, -0.2) is 39.7 Å². The number of primary amides is 1. The largest absolute Gasteiger partial charge is 0.370 e. The molecule has 1 fully saturated rings. The van der Waals surface area contributed by atoms with Crippen LogP contribution in [0.25, 0.3) is 0 Å². The van der Waals surface area contributed by atoms with Gasteiger partial charge >= 0.3 is 6.03 Å². The number of likely N-dealkylation sites (tertiary alicyclic amines) is 1. The van der Waals surface area contributed by atoms with Crippen molar-refractivity contribution < 1.29 is 9.59 Å². The van der Waals surface area contributed by atoms with Crippen LogP contribution in [0.15, 0.2) is 12.4 Å². The molecule has 2 heterocycles. The lowest BCUT2D eigenvalue weighted by molar-refractivity contribution is -0.119. The Labute approximate surface area is 137 Å². The van der Waals surface area contributed by atoms with E-state index in [2.05, 4.69) is 24.3 Å². The van der Waals surface area contributed by atoms with Crippen LogP contribution in [0.3, 0.4) is 0 Å². The second kappa shape index (κ2) is 7.48. The van der Waals surface area contributed by atoms with E-state index >= 15 is 0 Å². The van der Waals surface area contributed by atoms with E-state index in [4.69, 9.17) is 5.73 Å². The molecule has 3 N–H and O–H groups in total. The van der Waals surface area contributed by atoms with Crippen LogP contribution in [0.1, 0.15) is 57.7 Å². The van der Waals surface area contributed by atoms with Crippen molar-refractivity contribution in [3.63, 3.8) is 0 Å². The number of nitrogens with zero attached hydrogens (tertiary/aromatic N) is 3. The van der Waals surface area contributed by atoms with Crippen LogP contribution in [0.2, 0.25) is 0 Å². The molecule has 7 nitrogen and oxygen atoms in total. The monoisotopic (exact) mass is 321 g/mol. The van der Waals surface area contributed by atoms with Gasteiger partial charge in [-0.1, -0.05) is 0 Å². The van der Waals surface area contributed by atoms with Crippen molar-refractivity contribution in [3.05, 3.63) is 18.0 Å². The van der Waals surface area contributed by atoms with Gasteiger partial charge in [-0.05, 0) is 39.5 Å². The molecule has 0 spiro atoms. The van der Waals surface area contributed by atoms with Crippen LogP contribution in [-0.2, 0) is 4.79 Å². The average molecular weight is 321 g/mol.